The quantitative estimate of drug-likeness (QED) is 0.479. The summed E-state index contributed by atoms with van der Waals surface area (Å²) in [7, 11) is 1.54. The first-order valence-corrected chi connectivity index (χ1v) is 4.70. The smallest absolute Gasteiger partial charge is 0.236 e. The third-order valence-corrected chi connectivity index (χ3v) is 1.77. The molecule has 0 aromatic rings. The van der Waals surface area contributed by atoms with E-state index in [1.54, 1.807) is 6.92 Å². The molecule has 3 N–H and O–H groups in total. The number of nitrogens with zero attached hydrogens (tertiary/aromatic N) is 1. The number of amides is 2. The molecule has 0 spiro atoms. The molecule has 15 heavy (non-hydrogen) atoms. The van der Waals surface area contributed by atoms with Crippen molar-refractivity contribution in [2.75, 3.05) is 20.1 Å². The molecule has 0 radical (unpaired) electrons. The van der Waals surface area contributed by atoms with Crippen molar-refractivity contribution < 1.29 is 9.59 Å². The first-order valence-electron chi connectivity index (χ1n) is 4.70. The highest BCUT2D eigenvalue weighted by Gasteiger charge is 2.11. The molecule has 1 unspecified atom stereocenters. The van der Waals surface area contributed by atoms with E-state index in [-0.39, 0.29) is 24.8 Å². The lowest BCUT2D eigenvalue weighted by atomic mass is 10.3. The van der Waals surface area contributed by atoms with Gasteiger partial charge in [0.25, 0.3) is 0 Å². The molecule has 0 saturated heterocycles. The fourth-order valence-electron chi connectivity index (χ4n) is 0.875. The van der Waals surface area contributed by atoms with Crippen LogP contribution in [0, 0.1) is 11.3 Å². The van der Waals surface area contributed by atoms with E-state index in [4.69, 9.17) is 5.26 Å². The Morgan fingerprint density at radius 2 is 2.13 bits per heavy atom. The standard InChI is InChI=1S/C9H16N4O2/c1-7(9(15)11-2)13-6-8(14)12-5-3-4-10/h7,13H,3,5-6H2,1-2H3,(H,11,15)(H,12,14). The second-order valence-corrected chi connectivity index (χ2v) is 2.97. The van der Waals surface area contributed by atoms with Crippen LogP contribution < -0.4 is 16.0 Å². The van der Waals surface area contributed by atoms with E-state index >= 15 is 0 Å². The maximum Gasteiger partial charge on any atom is 0.236 e. The summed E-state index contributed by atoms with van der Waals surface area (Å²) >= 11 is 0. The summed E-state index contributed by atoms with van der Waals surface area (Å²) in [6, 6.07) is 1.51. The Morgan fingerprint density at radius 1 is 1.47 bits per heavy atom. The number of carbonyl (C=O) groups excluding carboxylic acids is 2. The monoisotopic (exact) mass is 212 g/mol. The molecule has 1 atom stereocenters. The van der Waals surface area contributed by atoms with Gasteiger partial charge < -0.3 is 10.6 Å². The molecule has 6 nitrogen and oxygen atoms in total. The molecule has 0 aromatic heterocycles. The summed E-state index contributed by atoms with van der Waals surface area (Å²) in [5.41, 5.74) is 0. The van der Waals surface area contributed by atoms with E-state index in [0.29, 0.717) is 6.54 Å². The second-order valence-electron chi connectivity index (χ2n) is 2.97. The molecule has 0 saturated carbocycles. The van der Waals surface area contributed by atoms with Gasteiger partial charge in [-0.15, -0.1) is 0 Å². The van der Waals surface area contributed by atoms with Gasteiger partial charge in [0.15, 0.2) is 0 Å². The Morgan fingerprint density at radius 3 is 2.67 bits per heavy atom. The molecular weight excluding hydrogens is 196 g/mol. The van der Waals surface area contributed by atoms with Crippen LogP contribution in [0.15, 0.2) is 0 Å². The summed E-state index contributed by atoms with van der Waals surface area (Å²) in [5.74, 6) is -0.388. The maximum absolute atomic E-state index is 11.1. The number of hydrogen-bond acceptors (Lipinski definition) is 4. The highest BCUT2D eigenvalue weighted by Crippen LogP contribution is 1.80. The molecular formula is C9H16N4O2. The zero-order chi connectivity index (χ0) is 11.7. The highest BCUT2D eigenvalue weighted by molar-refractivity contribution is 5.83. The third-order valence-electron chi connectivity index (χ3n) is 1.77. The summed E-state index contributed by atoms with van der Waals surface area (Å²) < 4.78 is 0. The van der Waals surface area contributed by atoms with Gasteiger partial charge in [-0.25, -0.2) is 0 Å². The first-order chi connectivity index (χ1) is 7.11. The second kappa shape index (κ2) is 7.76. The molecule has 84 valence electrons. The van der Waals surface area contributed by atoms with Crippen molar-refractivity contribution in [3.8, 4) is 6.07 Å². The molecule has 0 bridgehead atoms. The van der Waals surface area contributed by atoms with Crippen LogP contribution in [0.2, 0.25) is 0 Å². The Labute approximate surface area is 89.0 Å². The molecule has 0 aromatic carbocycles. The Balaban J connectivity index is 3.62. The van der Waals surface area contributed by atoms with Crippen molar-refractivity contribution in [1.29, 1.82) is 5.26 Å². The fourth-order valence-corrected chi connectivity index (χ4v) is 0.875. The average Bonchev–Trinajstić information content (AvgIpc) is 2.25. The van der Waals surface area contributed by atoms with Crippen molar-refractivity contribution in [2.24, 2.45) is 0 Å². The predicted molar refractivity (Wildman–Crippen MR) is 54.8 cm³/mol. The van der Waals surface area contributed by atoms with Crippen LogP contribution in [0.25, 0.3) is 0 Å². The van der Waals surface area contributed by atoms with E-state index in [1.807, 2.05) is 6.07 Å². The molecule has 0 aliphatic rings. The lowest BCUT2D eigenvalue weighted by Crippen LogP contribution is -2.45. The van der Waals surface area contributed by atoms with Gasteiger partial charge in [-0.1, -0.05) is 0 Å². The average molecular weight is 212 g/mol. The van der Waals surface area contributed by atoms with Gasteiger partial charge >= 0.3 is 0 Å². The lowest BCUT2D eigenvalue weighted by molar-refractivity contribution is -0.123. The summed E-state index contributed by atoms with van der Waals surface area (Å²) in [4.78, 5) is 22.2. The molecule has 0 aliphatic carbocycles. The van der Waals surface area contributed by atoms with Crippen LogP contribution >= 0.6 is 0 Å². The van der Waals surface area contributed by atoms with Gasteiger partial charge in [0.2, 0.25) is 11.8 Å². The van der Waals surface area contributed by atoms with Crippen molar-refractivity contribution in [3.63, 3.8) is 0 Å². The number of hydrogen-bond donors (Lipinski definition) is 3. The van der Waals surface area contributed by atoms with Crippen LogP contribution in [-0.4, -0.2) is 38.0 Å². The zero-order valence-corrected chi connectivity index (χ0v) is 8.96. The number of likely N-dealkylation sites (N-methyl/N-ethyl adjacent to an activating group) is 1. The van der Waals surface area contributed by atoms with Gasteiger partial charge in [-0.05, 0) is 6.92 Å². The first kappa shape index (κ1) is 13.4. The van der Waals surface area contributed by atoms with Crippen molar-refractivity contribution in [1.82, 2.24) is 16.0 Å². The van der Waals surface area contributed by atoms with Gasteiger partial charge in [0.1, 0.15) is 0 Å². The number of rotatable bonds is 6. The van der Waals surface area contributed by atoms with Crippen molar-refractivity contribution in [3.05, 3.63) is 0 Å². The summed E-state index contributed by atoms with van der Waals surface area (Å²) in [5, 5.41) is 16.0. The van der Waals surface area contributed by atoms with Crippen LogP contribution in [0.4, 0.5) is 0 Å². The van der Waals surface area contributed by atoms with E-state index in [0.717, 1.165) is 0 Å². The van der Waals surface area contributed by atoms with E-state index in [1.165, 1.54) is 7.05 Å². The van der Waals surface area contributed by atoms with Gasteiger partial charge in [-0.2, -0.15) is 5.26 Å². The maximum atomic E-state index is 11.1. The minimum absolute atomic E-state index is 0.0695. The van der Waals surface area contributed by atoms with Gasteiger partial charge in [-0.3, -0.25) is 14.9 Å². The SMILES string of the molecule is CNC(=O)C(C)NCC(=O)NCCC#N. The molecule has 6 heteroatoms. The normalized spacial score (nSPS) is 11.3. The summed E-state index contributed by atoms with van der Waals surface area (Å²) in [6.45, 7) is 2.08. The number of carbonyl (C=O) groups is 2. The lowest BCUT2D eigenvalue weighted by Gasteiger charge is -2.11. The summed E-state index contributed by atoms with van der Waals surface area (Å²) in [6.07, 6.45) is 0.288. The number of nitrogens with one attached hydrogen (secondary N) is 3. The Kier molecular flexibility index (Phi) is 6.93. The Hall–Kier alpha value is -1.61. The molecule has 0 fully saturated rings. The molecule has 2 amide bonds. The highest BCUT2D eigenvalue weighted by atomic mass is 16.2. The third kappa shape index (κ3) is 6.46. The van der Waals surface area contributed by atoms with Crippen molar-refractivity contribution >= 4 is 11.8 Å². The number of nitriles is 1. The van der Waals surface area contributed by atoms with E-state index in [2.05, 4.69) is 16.0 Å². The van der Waals surface area contributed by atoms with Gasteiger partial charge in [0, 0.05) is 13.6 Å². The largest absolute Gasteiger partial charge is 0.358 e. The van der Waals surface area contributed by atoms with E-state index in [9.17, 15) is 9.59 Å². The fraction of sp³-hybridized carbons (Fsp3) is 0.667. The van der Waals surface area contributed by atoms with Crippen LogP contribution in [0.3, 0.4) is 0 Å². The molecule has 0 aliphatic heterocycles. The minimum atomic E-state index is -0.406. The minimum Gasteiger partial charge on any atom is -0.358 e. The topological polar surface area (TPSA) is 94.0 Å². The van der Waals surface area contributed by atoms with E-state index < -0.39 is 6.04 Å². The molecule has 0 heterocycles. The predicted octanol–water partition coefficient (Wildman–Crippen LogP) is -1.26. The Bertz CT molecular complexity index is 259. The van der Waals surface area contributed by atoms with Crippen molar-refractivity contribution in [2.45, 2.75) is 19.4 Å². The van der Waals surface area contributed by atoms with Crippen LogP contribution in [0.5, 0.6) is 0 Å². The van der Waals surface area contributed by atoms with Gasteiger partial charge in [0.05, 0.1) is 25.1 Å². The zero-order valence-electron chi connectivity index (χ0n) is 8.96. The van der Waals surface area contributed by atoms with Crippen LogP contribution in [-0.2, 0) is 9.59 Å². The van der Waals surface area contributed by atoms with Crippen LogP contribution in [0.1, 0.15) is 13.3 Å². The molecule has 0 rings (SSSR count).